The summed E-state index contributed by atoms with van der Waals surface area (Å²) in [7, 11) is 0. The van der Waals surface area contributed by atoms with E-state index in [-0.39, 0.29) is 41.2 Å². The van der Waals surface area contributed by atoms with Gasteiger partial charge < -0.3 is 16.0 Å². The van der Waals surface area contributed by atoms with Gasteiger partial charge in [-0.3, -0.25) is 9.59 Å². The molecule has 7 heteroatoms. The number of rotatable bonds is 4. The second-order valence-electron chi connectivity index (χ2n) is 5.95. The zero-order valence-electron chi connectivity index (χ0n) is 11.6. The number of fused-ring (bicyclic) bond motifs is 1. The smallest absolute Gasteiger partial charge is 0.243 e. The molecule has 1 aliphatic carbocycles. The molecule has 3 atom stereocenters. The summed E-state index contributed by atoms with van der Waals surface area (Å²) < 4.78 is 0. The Morgan fingerprint density at radius 3 is 2.90 bits per heavy atom. The number of nitrogens with two attached hydrogens (primary N) is 1. The molecule has 2 heterocycles. The van der Waals surface area contributed by atoms with Crippen LogP contribution < -0.4 is 11.1 Å². The third-order valence-corrected chi connectivity index (χ3v) is 6.03. The van der Waals surface area contributed by atoms with Gasteiger partial charge in [0, 0.05) is 24.8 Å². The fraction of sp³-hybridized carbons (Fsp3) is 0.846. The molecule has 0 aromatic rings. The molecule has 0 aromatic heterocycles. The molecule has 3 aliphatic rings. The van der Waals surface area contributed by atoms with E-state index in [1.54, 1.807) is 16.7 Å². The number of hydrogen-bond acceptors (Lipinski definition) is 4. The van der Waals surface area contributed by atoms with E-state index in [9.17, 15) is 9.59 Å². The van der Waals surface area contributed by atoms with E-state index < -0.39 is 0 Å². The van der Waals surface area contributed by atoms with Gasteiger partial charge in [0.2, 0.25) is 11.8 Å². The third kappa shape index (κ3) is 2.65. The predicted molar refractivity (Wildman–Crippen MR) is 81.7 cm³/mol. The molecule has 2 aliphatic heterocycles. The Labute approximate surface area is 129 Å². The fourth-order valence-corrected chi connectivity index (χ4v) is 4.59. The number of thioether (sulfide) groups is 1. The number of carbonyl (C=O) groups is 2. The van der Waals surface area contributed by atoms with Crippen molar-refractivity contribution in [2.24, 2.45) is 11.7 Å². The minimum Gasteiger partial charge on any atom is -0.350 e. The normalized spacial score (nSPS) is 33.6. The standard InChI is InChI=1S/C13H21N3O2S.ClH/c1-13-5-4-11(17)16(13)10(7-19-13)12(18)15-9(6-14)8-2-3-8;/h8-10H,2-7,14H2,1H3,(H,15,18);1H. The summed E-state index contributed by atoms with van der Waals surface area (Å²) in [6.07, 6.45) is 3.73. The van der Waals surface area contributed by atoms with E-state index in [1.807, 2.05) is 0 Å². The number of halogens is 1. The zero-order valence-corrected chi connectivity index (χ0v) is 13.3. The Hall–Kier alpha value is -0.460. The maximum atomic E-state index is 12.4. The largest absolute Gasteiger partial charge is 0.350 e. The van der Waals surface area contributed by atoms with Crippen molar-refractivity contribution in [1.29, 1.82) is 0 Å². The van der Waals surface area contributed by atoms with E-state index in [1.165, 1.54) is 0 Å². The van der Waals surface area contributed by atoms with E-state index in [0.29, 0.717) is 24.6 Å². The summed E-state index contributed by atoms with van der Waals surface area (Å²) in [5, 5.41) is 3.05. The summed E-state index contributed by atoms with van der Waals surface area (Å²) in [6.45, 7) is 2.55. The van der Waals surface area contributed by atoms with Crippen LogP contribution in [0.4, 0.5) is 0 Å². The molecule has 3 N–H and O–H groups in total. The van der Waals surface area contributed by atoms with Crippen LogP contribution in [0.5, 0.6) is 0 Å². The summed E-state index contributed by atoms with van der Waals surface area (Å²) in [5.41, 5.74) is 5.72. The van der Waals surface area contributed by atoms with Gasteiger partial charge in [-0.2, -0.15) is 0 Å². The molecule has 2 saturated heterocycles. The molecule has 0 spiro atoms. The highest BCUT2D eigenvalue weighted by Crippen LogP contribution is 2.47. The number of carbonyl (C=O) groups excluding carboxylic acids is 2. The molecule has 3 fully saturated rings. The molecule has 2 amide bonds. The second kappa shape index (κ2) is 5.73. The number of nitrogens with one attached hydrogen (secondary N) is 1. The van der Waals surface area contributed by atoms with Crippen molar-refractivity contribution < 1.29 is 9.59 Å². The van der Waals surface area contributed by atoms with E-state index >= 15 is 0 Å². The van der Waals surface area contributed by atoms with Crippen molar-refractivity contribution >= 4 is 36.0 Å². The van der Waals surface area contributed by atoms with Gasteiger partial charge in [0.05, 0.1) is 4.87 Å². The molecule has 20 heavy (non-hydrogen) atoms. The average Bonchev–Trinajstić information content (AvgIpc) is 3.10. The molecule has 5 nitrogen and oxygen atoms in total. The van der Waals surface area contributed by atoms with Crippen LogP contribution in [0.1, 0.15) is 32.6 Å². The SMILES string of the molecule is CC12CCC(=O)N1C(C(=O)NC(CN)C1CC1)CS2.Cl. The fourth-order valence-electron chi connectivity index (χ4n) is 3.16. The van der Waals surface area contributed by atoms with Crippen molar-refractivity contribution in [1.82, 2.24) is 10.2 Å². The molecular weight excluding hydrogens is 298 g/mol. The van der Waals surface area contributed by atoms with Crippen LogP contribution in [-0.4, -0.2) is 46.0 Å². The van der Waals surface area contributed by atoms with Crippen LogP contribution in [-0.2, 0) is 9.59 Å². The highest BCUT2D eigenvalue weighted by molar-refractivity contribution is 8.01. The highest BCUT2D eigenvalue weighted by atomic mass is 35.5. The predicted octanol–water partition coefficient (Wildman–Crippen LogP) is 0.716. The van der Waals surface area contributed by atoms with Crippen molar-refractivity contribution in [3.05, 3.63) is 0 Å². The van der Waals surface area contributed by atoms with Crippen molar-refractivity contribution in [2.75, 3.05) is 12.3 Å². The first kappa shape index (κ1) is 15.9. The van der Waals surface area contributed by atoms with Gasteiger partial charge in [0.1, 0.15) is 6.04 Å². The molecule has 114 valence electrons. The number of nitrogens with zero attached hydrogens (tertiary/aromatic N) is 1. The summed E-state index contributed by atoms with van der Waals surface area (Å²) in [5.74, 6) is 1.34. The molecule has 3 rings (SSSR count). The van der Waals surface area contributed by atoms with Crippen LogP contribution in [0.3, 0.4) is 0 Å². The number of amides is 2. The Morgan fingerprint density at radius 1 is 1.60 bits per heavy atom. The first-order valence-corrected chi connectivity index (χ1v) is 8.00. The van der Waals surface area contributed by atoms with Crippen molar-refractivity contribution in [3.8, 4) is 0 Å². The van der Waals surface area contributed by atoms with Gasteiger partial charge in [-0.25, -0.2) is 0 Å². The van der Waals surface area contributed by atoms with Gasteiger partial charge in [-0.05, 0) is 32.1 Å². The highest BCUT2D eigenvalue weighted by Gasteiger charge is 2.53. The molecule has 0 bridgehead atoms. The van der Waals surface area contributed by atoms with Crippen LogP contribution in [0.15, 0.2) is 0 Å². The van der Waals surface area contributed by atoms with Crippen LogP contribution in [0, 0.1) is 5.92 Å². The maximum absolute atomic E-state index is 12.4. The molecule has 0 aromatic carbocycles. The molecule has 1 saturated carbocycles. The lowest BCUT2D eigenvalue weighted by Gasteiger charge is -2.30. The Morgan fingerprint density at radius 2 is 2.30 bits per heavy atom. The van der Waals surface area contributed by atoms with Crippen LogP contribution in [0.2, 0.25) is 0 Å². The molecule has 3 unspecified atom stereocenters. The van der Waals surface area contributed by atoms with E-state index in [0.717, 1.165) is 19.3 Å². The van der Waals surface area contributed by atoms with Crippen LogP contribution in [0.25, 0.3) is 0 Å². The lowest BCUT2D eigenvalue weighted by Crippen LogP contribution is -2.53. The average molecular weight is 320 g/mol. The van der Waals surface area contributed by atoms with E-state index in [4.69, 9.17) is 5.73 Å². The zero-order chi connectivity index (χ0) is 13.6. The quantitative estimate of drug-likeness (QED) is 0.800. The minimum atomic E-state index is -0.308. The Kier molecular flexibility index (Phi) is 4.56. The monoisotopic (exact) mass is 319 g/mol. The first-order chi connectivity index (χ1) is 9.05. The molecular formula is C13H22ClN3O2S. The van der Waals surface area contributed by atoms with Crippen molar-refractivity contribution in [2.45, 2.75) is 49.6 Å². The second-order valence-corrected chi connectivity index (χ2v) is 7.46. The lowest BCUT2D eigenvalue weighted by molar-refractivity contribution is -0.138. The van der Waals surface area contributed by atoms with Crippen molar-refractivity contribution in [3.63, 3.8) is 0 Å². The van der Waals surface area contributed by atoms with Gasteiger partial charge in [0.25, 0.3) is 0 Å². The van der Waals surface area contributed by atoms with Gasteiger partial charge in [-0.1, -0.05) is 0 Å². The summed E-state index contributed by atoms with van der Waals surface area (Å²) >= 11 is 1.73. The Balaban J connectivity index is 0.00000147. The number of hydrogen-bond donors (Lipinski definition) is 2. The first-order valence-electron chi connectivity index (χ1n) is 7.02. The lowest BCUT2D eigenvalue weighted by atomic mass is 10.1. The van der Waals surface area contributed by atoms with Gasteiger partial charge >= 0.3 is 0 Å². The van der Waals surface area contributed by atoms with E-state index in [2.05, 4.69) is 12.2 Å². The van der Waals surface area contributed by atoms with Crippen LogP contribution >= 0.6 is 24.2 Å². The third-order valence-electron chi connectivity index (χ3n) is 4.52. The summed E-state index contributed by atoms with van der Waals surface area (Å²) in [6, 6.07) is -0.222. The molecule has 0 radical (unpaired) electrons. The van der Waals surface area contributed by atoms with Gasteiger partial charge in [0.15, 0.2) is 0 Å². The van der Waals surface area contributed by atoms with Gasteiger partial charge in [-0.15, -0.1) is 24.2 Å². The Bertz CT molecular complexity index is 418. The topological polar surface area (TPSA) is 75.4 Å². The maximum Gasteiger partial charge on any atom is 0.243 e. The summed E-state index contributed by atoms with van der Waals surface area (Å²) in [4.78, 5) is 26.0. The minimum absolute atomic E-state index is 0.